The summed E-state index contributed by atoms with van der Waals surface area (Å²) in [6, 6.07) is 16.0. The van der Waals surface area contributed by atoms with Crippen LogP contribution in [0.15, 0.2) is 48.5 Å². The summed E-state index contributed by atoms with van der Waals surface area (Å²) in [6.07, 6.45) is -0.442. The molecule has 2 aromatic rings. The van der Waals surface area contributed by atoms with Gasteiger partial charge in [0.15, 0.2) is 0 Å². The van der Waals surface area contributed by atoms with Crippen molar-refractivity contribution in [3.05, 3.63) is 59.7 Å². The Morgan fingerprint density at radius 1 is 0.824 bits per heavy atom. The van der Waals surface area contributed by atoms with Gasteiger partial charge >= 0.3 is 0 Å². The average molecular weight is 227 g/mol. The Balaban J connectivity index is 0.000000329. The molecule has 0 radical (unpaired) electrons. The lowest BCUT2D eigenvalue weighted by molar-refractivity contribution is 0.225. The normalized spacial score (nSPS) is 12.4. The molecule has 1 aliphatic rings. The van der Waals surface area contributed by atoms with Gasteiger partial charge in [0.2, 0.25) is 0 Å². The molecule has 0 amide bonds. The summed E-state index contributed by atoms with van der Waals surface area (Å²) < 4.78 is 0. The Hall–Kier alpha value is -1.64. The maximum Gasteiger partial charge on any atom is 0.105 e. The van der Waals surface area contributed by atoms with Crippen LogP contribution in [0.3, 0.4) is 0 Å². The second-order valence-corrected chi connectivity index (χ2v) is 4.08. The Morgan fingerprint density at radius 3 is 1.59 bits per heavy atom. The van der Waals surface area contributed by atoms with Gasteiger partial charge in [-0.25, -0.2) is 0 Å². The number of fused-ring (bicyclic) bond motifs is 3. The molecule has 2 N–H and O–H groups in total. The SMILES string of the molecule is CNC.OC1c2ccccc2-c2ccccc21. The predicted octanol–water partition coefficient (Wildman–Crippen LogP) is 2.58. The molecule has 88 valence electrons. The van der Waals surface area contributed by atoms with Crippen molar-refractivity contribution < 1.29 is 5.11 Å². The van der Waals surface area contributed by atoms with E-state index in [1.165, 1.54) is 0 Å². The van der Waals surface area contributed by atoms with Crippen LogP contribution >= 0.6 is 0 Å². The van der Waals surface area contributed by atoms with Crippen LogP contribution in [-0.2, 0) is 0 Å². The summed E-state index contributed by atoms with van der Waals surface area (Å²) in [5.41, 5.74) is 4.37. The third-order valence-corrected chi connectivity index (χ3v) is 2.80. The second-order valence-electron chi connectivity index (χ2n) is 4.08. The maximum absolute atomic E-state index is 10.0. The lowest BCUT2D eigenvalue weighted by Crippen LogP contribution is -1.92. The molecule has 0 aliphatic heterocycles. The highest BCUT2D eigenvalue weighted by molar-refractivity contribution is 5.77. The monoisotopic (exact) mass is 227 g/mol. The van der Waals surface area contributed by atoms with Crippen molar-refractivity contribution in [1.82, 2.24) is 5.32 Å². The number of hydrogen-bond donors (Lipinski definition) is 2. The van der Waals surface area contributed by atoms with Gasteiger partial charge in [-0.15, -0.1) is 0 Å². The number of nitrogens with one attached hydrogen (secondary N) is 1. The van der Waals surface area contributed by atoms with E-state index in [0.29, 0.717) is 0 Å². The molecular weight excluding hydrogens is 210 g/mol. The minimum Gasteiger partial charge on any atom is -0.384 e. The van der Waals surface area contributed by atoms with E-state index in [1.807, 2.05) is 50.5 Å². The van der Waals surface area contributed by atoms with Crippen molar-refractivity contribution in [3.8, 4) is 11.1 Å². The van der Waals surface area contributed by atoms with Crippen LogP contribution in [-0.4, -0.2) is 19.2 Å². The fourth-order valence-electron chi connectivity index (χ4n) is 2.13. The standard InChI is InChI=1S/C13H10O.C2H7N/c14-13-11-7-3-1-5-9(11)10-6-2-4-8-12(10)13;1-3-2/h1-8,13-14H;3H,1-2H3. The first kappa shape index (κ1) is 11.8. The summed E-state index contributed by atoms with van der Waals surface area (Å²) in [7, 11) is 3.75. The number of aliphatic hydroxyl groups is 1. The smallest absolute Gasteiger partial charge is 0.105 e. The summed E-state index contributed by atoms with van der Waals surface area (Å²) in [6.45, 7) is 0. The van der Waals surface area contributed by atoms with Gasteiger partial charge in [0.25, 0.3) is 0 Å². The van der Waals surface area contributed by atoms with Gasteiger partial charge < -0.3 is 10.4 Å². The van der Waals surface area contributed by atoms with E-state index in [9.17, 15) is 5.11 Å². The molecular formula is C15H17NO. The van der Waals surface area contributed by atoms with E-state index >= 15 is 0 Å². The highest BCUT2D eigenvalue weighted by Crippen LogP contribution is 2.42. The maximum atomic E-state index is 10.0. The second kappa shape index (κ2) is 5.13. The molecule has 3 rings (SSSR count). The van der Waals surface area contributed by atoms with Crippen molar-refractivity contribution in [3.63, 3.8) is 0 Å². The molecule has 0 saturated heterocycles. The summed E-state index contributed by atoms with van der Waals surface area (Å²) in [5.74, 6) is 0. The van der Waals surface area contributed by atoms with Crippen LogP contribution in [0.1, 0.15) is 17.2 Å². The molecule has 0 unspecified atom stereocenters. The molecule has 0 spiro atoms. The first-order valence-electron chi connectivity index (χ1n) is 5.74. The van der Waals surface area contributed by atoms with Crippen molar-refractivity contribution >= 4 is 0 Å². The predicted molar refractivity (Wildman–Crippen MR) is 70.9 cm³/mol. The molecule has 0 bridgehead atoms. The van der Waals surface area contributed by atoms with Crippen molar-refractivity contribution in [2.45, 2.75) is 6.10 Å². The Labute approximate surface area is 102 Å². The Morgan fingerprint density at radius 2 is 1.18 bits per heavy atom. The Bertz CT molecular complexity index is 462. The zero-order valence-corrected chi connectivity index (χ0v) is 10.1. The first-order valence-corrected chi connectivity index (χ1v) is 5.74. The van der Waals surface area contributed by atoms with Gasteiger partial charge in [0.1, 0.15) is 6.10 Å². The van der Waals surface area contributed by atoms with Crippen LogP contribution < -0.4 is 5.32 Å². The average Bonchev–Trinajstić information content (AvgIpc) is 2.66. The highest BCUT2D eigenvalue weighted by Gasteiger charge is 2.25. The van der Waals surface area contributed by atoms with Gasteiger partial charge in [-0.2, -0.15) is 0 Å². The highest BCUT2D eigenvalue weighted by atomic mass is 16.3. The molecule has 2 heteroatoms. The zero-order valence-electron chi connectivity index (χ0n) is 10.1. The van der Waals surface area contributed by atoms with E-state index in [-0.39, 0.29) is 0 Å². The lowest BCUT2D eigenvalue weighted by atomic mass is 10.1. The minimum absolute atomic E-state index is 0.442. The van der Waals surface area contributed by atoms with E-state index in [2.05, 4.69) is 17.4 Å². The van der Waals surface area contributed by atoms with Gasteiger partial charge in [-0.3, -0.25) is 0 Å². The molecule has 0 aromatic heterocycles. The van der Waals surface area contributed by atoms with Crippen LogP contribution in [0.4, 0.5) is 0 Å². The molecule has 0 fully saturated rings. The summed E-state index contributed by atoms with van der Waals surface area (Å²) >= 11 is 0. The number of rotatable bonds is 0. The topological polar surface area (TPSA) is 32.3 Å². The van der Waals surface area contributed by atoms with Gasteiger partial charge in [-0.05, 0) is 36.3 Å². The van der Waals surface area contributed by atoms with Crippen LogP contribution in [0.2, 0.25) is 0 Å². The molecule has 2 nitrogen and oxygen atoms in total. The third kappa shape index (κ3) is 2.09. The van der Waals surface area contributed by atoms with Crippen LogP contribution in [0.5, 0.6) is 0 Å². The zero-order chi connectivity index (χ0) is 12.3. The summed E-state index contributed by atoms with van der Waals surface area (Å²) in [4.78, 5) is 0. The molecule has 0 saturated carbocycles. The number of aliphatic hydroxyl groups excluding tert-OH is 1. The first-order chi connectivity index (χ1) is 8.29. The molecule has 1 aliphatic carbocycles. The van der Waals surface area contributed by atoms with E-state index < -0.39 is 6.10 Å². The van der Waals surface area contributed by atoms with Crippen molar-refractivity contribution in [2.75, 3.05) is 14.1 Å². The molecule has 0 heterocycles. The molecule has 2 aromatic carbocycles. The fourth-order valence-corrected chi connectivity index (χ4v) is 2.13. The van der Waals surface area contributed by atoms with Crippen LogP contribution in [0.25, 0.3) is 11.1 Å². The van der Waals surface area contributed by atoms with Gasteiger partial charge in [0, 0.05) is 0 Å². The minimum atomic E-state index is -0.442. The third-order valence-electron chi connectivity index (χ3n) is 2.80. The number of benzene rings is 2. The van der Waals surface area contributed by atoms with E-state index in [4.69, 9.17) is 0 Å². The van der Waals surface area contributed by atoms with Gasteiger partial charge in [0.05, 0.1) is 0 Å². The molecule has 0 atom stereocenters. The number of hydrogen-bond acceptors (Lipinski definition) is 2. The van der Waals surface area contributed by atoms with Crippen LogP contribution in [0, 0.1) is 0 Å². The van der Waals surface area contributed by atoms with E-state index in [1.54, 1.807) is 0 Å². The summed E-state index contributed by atoms with van der Waals surface area (Å²) in [5, 5.41) is 12.8. The Kier molecular flexibility index (Phi) is 3.57. The van der Waals surface area contributed by atoms with Crippen molar-refractivity contribution in [2.24, 2.45) is 0 Å². The fraction of sp³-hybridized carbons (Fsp3) is 0.200. The van der Waals surface area contributed by atoms with E-state index in [0.717, 1.165) is 22.3 Å². The lowest BCUT2D eigenvalue weighted by Gasteiger charge is -2.03. The van der Waals surface area contributed by atoms with Gasteiger partial charge in [-0.1, -0.05) is 48.5 Å². The van der Waals surface area contributed by atoms with Crippen molar-refractivity contribution in [1.29, 1.82) is 0 Å². The molecule has 17 heavy (non-hydrogen) atoms. The largest absolute Gasteiger partial charge is 0.384 e. The quantitative estimate of drug-likeness (QED) is 0.725.